The summed E-state index contributed by atoms with van der Waals surface area (Å²) in [4.78, 5) is 19.9. The second kappa shape index (κ2) is 6.80. The summed E-state index contributed by atoms with van der Waals surface area (Å²) < 4.78 is 10.8. The molecule has 1 amide bonds. The Morgan fingerprint density at radius 3 is 2.81 bits per heavy atom. The van der Waals surface area contributed by atoms with Crippen LogP contribution in [-0.4, -0.2) is 24.2 Å². The van der Waals surface area contributed by atoms with Crippen LogP contribution in [0.1, 0.15) is 22.2 Å². The monoisotopic (exact) mass is 366 g/mol. The summed E-state index contributed by atoms with van der Waals surface area (Å²) >= 11 is 1.39. The lowest BCUT2D eigenvalue weighted by Crippen LogP contribution is -2.30. The smallest absolute Gasteiger partial charge is 0.269 e. The highest BCUT2D eigenvalue weighted by atomic mass is 32.1. The highest BCUT2D eigenvalue weighted by molar-refractivity contribution is 7.17. The maximum atomic E-state index is 13.0. The van der Waals surface area contributed by atoms with Crippen LogP contribution in [0.3, 0.4) is 0 Å². The number of aryl methyl sites for hydroxylation is 1. The van der Waals surface area contributed by atoms with Crippen molar-refractivity contribution in [3.05, 3.63) is 59.1 Å². The summed E-state index contributed by atoms with van der Waals surface area (Å²) in [6.07, 6.45) is 1.65. The second-order valence-corrected chi connectivity index (χ2v) is 6.96. The Labute approximate surface area is 155 Å². The van der Waals surface area contributed by atoms with E-state index in [2.05, 4.69) is 4.98 Å². The SMILES string of the molecule is CCN(C(=O)c1cnc(-c2ccc3c(c2)OCO3)s1)c1ccccc1C. The van der Waals surface area contributed by atoms with Crippen LogP contribution in [0.2, 0.25) is 0 Å². The quantitative estimate of drug-likeness (QED) is 0.681. The average Bonchev–Trinajstić information content (AvgIpc) is 3.32. The first-order chi connectivity index (χ1) is 12.7. The second-order valence-electron chi connectivity index (χ2n) is 5.93. The van der Waals surface area contributed by atoms with E-state index in [4.69, 9.17) is 9.47 Å². The van der Waals surface area contributed by atoms with Gasteiger partial charge in [0.05, 0.1) is 6.20 Å². The van der Waals surface area contributed by atoms with Crippen molar-refractivity contribution in [2.24, 2.45) is 0 Å². The Morgan fingerprint density at radius 1 is 1.19 bits per heavy atom. The topological polar surface area (TPSA) is 51.7 Å². The third-order valence-electron chi connectivity index (χ3n) is 4.30. The lowest BCUT2D eigenvalue weighted by atomic mass is 10.2. The van der Waals surface area contributed by atoms with E-state index in [-0.39, 0.29) is 12.7 Å². The molecule has 0 saturated heterocycles. The number of para-hydroxylation sites is 1. The molecule has 3 aromatic rings. The van der Waals surface area contributed by atoms with E-state index in [1.165, 1.54) is 11.3 Å². The summed E-state index contributed by atoms with van der Waals surface area (Å²) in [5.41, 5.74) is 2.92. The van der Waals surface area contributed by atoms with E-state index in [0.717, 1.165) is 27.6 Å². The fourth-order valence-corrected chi connectivity index (χ4v) is 3.82. The first kappa shape index (κ1) is 16.6. The van der Waals surface area contributed by atoms with Crippen LogP contribution in [0.25, 0.3) is 10.6 Å². The number of aromatic nitrogens is 1. The third-order valence-corrected chi connectivity index (χ3v) is 5.34. The Bertz CT molecular complexity index is 967. The number of anilines is 1. The summed E-state index contributed by atoms with van der Waals surface area (Å²) in [5, 5.41) is 0.785. The fraction of sp³-hybridized carbons (Fsp3) is 0.200. The lowest BCUT2D eigenvalue weighted by molar-refractivity contribution is 0.0992. The van der Waals surface area contributed by atoms with Crippen LogP contribution in [0.4, 0.5) is 5.69 Å². The molecule has 0 radical (unpaired) electrons. The molecule has 6 heteroatoms. The number of rotatable bonds is 4. The van der Waals surface area contributed by atoms with Crippen LogP contribution in [0.5, 0.6) is 11.5 Å². The van der Waals surface area contributed by atoms with Crippen molar-refractivity contribution in [2.75, 3.05) is 18.2 Å². The highest BCUT2D eigenvalue weighted by Gasteiger charge is 2.21. The van der Waals surface area contributed by atoms with Crippen molar-refractivity contribution in [2.45, 2.75) is 13.8 Å². The maximum absolute atomic E-state index is 13.0. The average molecular weight is 366 g/mol. The number of ether oxygens (including phenoxy) is 2. The summed E-state index contributed by atoms with van der Waals surface area (Å²) in [6.45, 7) is 4.82. The molecule has 0 atom stereocenters. The van der Waals surface area contributed by atoms with E-state index < -0.39 is 0 Å². The third kappa shape index (κ3) is 2.93. The van der Waals surface area contributed by atoms with Gasteiger partial charge in [-0.25, -0.2) is 4.98 Å². The fourth-order valence-electron chi connectivity index (χ4n) is 2.96. The number of hydrogen-bond donors (Lipinski definition) is 0. The molecule has 0 fully saturated rings. The largest absolute Gasteiger partial charge is 0.454 e. The molecule has 132 valence electrons. The van der Waals surface area contributed by atoms with Crippen molar-refractivity contribution in [3.63, 3.8) is 0 Å². The maximum Gasteiger partial charge on any atom is 0.269 e. The first-order valence-corrected chi connectivity index (χ1v) is 9.22. The molecule has 1 aliphatic rings. The Kier molecular flexibility index (Phi) is 4.34. The Hall–Kier alpha value is -2.86. The predicted molar refractivity (Wildman–Crippen MR) is 102 cm³/mol. The number of thiazole rings is 1. The van der Waals surface area contributed by atoms with Crippen molar-refractivity contribution < 1.29 is 14.3 Å². The number of carbonyl (C=O) groups excluding carboxylic acids is 1. The summed E-state index contributed by atoms with van der Waals surface area (Å²) in [6, 6.07) is 13.6. The zero-order valence-electron chi connectivity index (χ0n) is 14.6. The van der Waals surface area contributed by atoms with Gasteiger partial charge in [0.25, 0.3) is 5.91 Å². The van der Waals surface area contributed by atoms with Gasteiger partial charge in [-0.15, -0.1) is 11.3 Å². The van der Waals surface area contributed by atoms with E-state index in [1.807, 2.05) is 56.3 Å². The van der Waals surface area contributed by atoms with E-state index >= 15 is 0 Å². The van der Waals surface area contributed by atoms with Gasteiger partial charge < -0.3 is 14.4 Å². The van der Waals surface area contributed by atoms with E-state index in [1.54, 1.807) is 11.1 Å². The number of amides is 1. The number of benzene rings is 2. The zero-order chi connectivity index (χ0) is 18.1. The number of carbonyl (C=O) groups is 1. The molecule has 0 saturated carbocycles. The molecule has 1 aliphatic heterocycles. The van der Waals surface area contributed by atoms with Gasteiger partial charge in [0, 0.05) is 17.8 Å². The molecule has 0 aliphatic carbocycles. The summed E-state index contributed by atoms with van der Waals surface area (Å²) in [7, 11) is 0. The normalized spacial score (nSPS) is 12.2. The predicted octanol–water partition coefficient (Wildman–Crippen LogP) is 4.51. The minimum atomic E-state index is -0.0358. The van der Waals surface area contributed by atoms with Gasteiger partial charge in [-0.3, -0.25) is 4.79 Å². The van der Waals surface area contributed by atoms with Gasteiger partial charge in [0.15, 0.2) is 11.5 Å². The molecule has 2 aromatic carbocycles. The van der Waals surface area contributed by atoms with Gasteiger partial charge in [-0.05, 0) is 43.7 Å². The number of nitrogens with zero attached hydrogens (tertiary/aromatic N) is 2. The van der Waals surface area contributed by atoms with Gasteiger partial charge in [-0.1, -0.05) is 18.2 Å². The molecule has 0 bridgehead atoms. The van der Waals surface area contributed by atoms with Crippen LogP contribution < -0.4 is 14.4 Å². The van der Waals surface area contributed by atoms with E-state index in [0.29, 0.717) is 17.2 Å². The lowest BCUT2D eigenvalue weighted by Gasteiger charge is -2.22. The van der Waals surface area contributed by atoms with Gasteiger partial charge in [0.1, 0.15) is 9.88 Å². The zero-order valence-corrected chi connectivity index (χ0v) is 15.4. The van der Waals surface area contributed by atoms with Crippen molar-refractivity contribution in [1.29, 1.82) is 0 Å². The van der Waals surface area contributed by atoms with Gasteiger partial charge >= 0.3 is 0 Å². The standard InChI is InChI=1S/C20H18N2O3S/c1-3-22(15-7-5-4-6-13(15)2)20(23)18-11-21-19(26-18)14-8-9-16-17(10-14)25-12-24-16/h4-11H,3,12H2,1-2H3. The summed E-state index contributed by atoms with van der Waals surface area (Å²) in [5.74, 6) is 1.41. The Morgan fingerprint density at radius 2 is 2.00 bits per heavy atom. The first-order valence-electron chi connectivity index (χ1n) is 8.40. The van der Waals surface area contributed by atoms with Gasteiger partial charge in [-0.2, -0.15) is 0 Å². The van der Waals surface area contributed by atoms with Crippen molar-refractivity contribution >= 4 is 22.9 Å². The van der Waals surface area contributed by atoms with Crippen LogP contribution in [0, 0.1) is 6.92 Å². The number of fused-ring (bicyclic) bond motifs is 1. The van der Waals surface area contributed by atoms with Crippen LogP contribution in [-0.2, 0) is 0 Å². The van der Waals surface area contributed by atoms with Gasteiger partial charge in [0.2, 0.25) is 6.79 Å². The molecular weight excluding hydrogens is 348 g/mol. The van der Waals surface area contributed by atoms with Crippen molar-refractivity contribution in [1.82, 2.24) is 4.98 Å². The van der Waals surface area contributed by atoms with Crippen LogP contribution in [0.15, 0.2) is 48.7 Å². The molecule has 0 unspecified atom stereocenters. The minimum absolute atomic E-state index is 0.0358. The minimum Gasteiger partial charge on any atom is -0.454 e. The van der Waals surface area contributed by atoms with Crippen LogP contribution >= 0.6 is 11.3 Å². The molecule has 1 aromatic heterocycles. The molecule has 0 spiro atoms. The molecule has 5 nitrogen and oxygen atoms in total. The molecule has 26 heavy (non-hydrogen) atoms. The molecule has 4 rings (SSSR count). The molecular formula is C20H18N2O3S. The molecule has 0 N–H and O–H groups in total. The van der Waals surface area contributed by atoms with E-state index in [9.17, 15) is 4.79 Å². The Balaban J connectivity index is 1.63. The highest BCUT2D eigenvalue weighted by Crippen LogP contribution is 2.37. The molecule has 2 heterocycles. The van der Waals surface area contributed by atoms with Crippen molar-refractivity contribution in [3.8, 4) is 22.1 Å². The number of hydrogen-bond acceptors (Lipinski definition) is 5.